The Morgan fingerprint density at radius 3 is 1.78 bits per heavy atom. The van der Waals surface area contributed by atoms with Gasteiger partial charge in [0.2, 0.25) is 0 Å². The van der Waals surface area contributed by atoms with Gasteiger partial charge in [-0.2, -0.15) is 0 Å². The molecule has 0 atom stereocenters. The first-order valence-electron chi connectivity index (χ1n) is 8.19. The Morgan fingerprint density at radius 2 is 1.28 bits per heavy atom. The Kier molecular flexibility index (Phi) is 17.3. The van der Waals surface area contributed by atoms with Gasteiger partial charge in [0.25, 0.3) is 0 Å². The largest absolute Gasteiger partial charge is 0.424 e. The number of rotatable bonds is 15. The minimum atomic E-state index is -0.272. The average molecular weight is 274 g/mol. The standard InChI is InChI=1S/C15H35NOSi/c1-2-3-4-5-6-7-8-9-10-11-12-14-17-18-15-13-16/h2-16,18H2,1H3. The molecule has 0 heterocycles. The van der Waals surface area contributed by atoms with Crippen molar-refractivity contribution in [3.05, 3.63) is 0 Å². The summed E-state index contributed by atoms with van der Waals surface area (Å²) in [5, 5.41) is 0. The Hall–Kier alpha value is 0.137. The van der Waals surface area contributed by atoms with Crippen LogP contribution in [0.5, 0.6) is 0 Å². The third kappa shape index (κ3) is 16.1. The van der Waals surface area contributed by atoms with Gasteiger partial charge in [-0.25, -0.2) is 0 Å². The van der Waals surface area contributed by atoms with Crippen molar-refractivity contribution in [2.75, 3.05) is 13.2 Å². The first kappa shape index (κ1) is 18.1. The van der Waals surface area contributed by atoms with E-state index in [0.29, 0.717) is 0 Å². The monoisotopic (exact) mass is 273 g/mol. The highest BCUT2D eigenvalue weighted by molar-refractivity contribution is 6.27. The van der Waals surface area contributed by atoms with Crippen molar-refractivity contribution >= 4 is 9.76 Å². The Bertz CT molecular complexity index is 128. The van der Waals surface area contributed by atoms with Crippen LogP contribution in [-0.4, -0.2) is 22.9 Å². The van der Waals surface area contributed by atoms with Crippen molar-refractivity contribution in [3.8, 4) is 0 Å². The SMILES string of the molecule is CCCCCCCCCCCCCO[SiH2]CCN. The second kappa shape index (κ2) is 17.1. The van der Waals surface area contributed by atoms with Crippen LogP contribution in [0, 0.1) is 0 Å². The summed E-state index contributed by atoms with van der Waals surface area (Å²) in [6.07, 6.45) is 15.5. The van der Waals surface area contributed by atoms with Crippen LogP contribution in [0.15, 0.2) is 0 Å². The Labute approximate surface area is 117 Å². The van der Waals surface area contributed by atoms with Crippen molar-refractivity contribution in [3.63, 3.8) is 0 Å². The summed E-state index contributed by atoms with van der Waals surface area (Å²) in [4.78, 5) is 0. The number of nitrogens with two attached hydrogens (primary N) is 1. The predicted molar refractivity (Wildman–Crippen MR) is 84.8 cm³/mol. The fraction of sp³-hybridized carbons (Fsp3) is 1.00. The zero-order valence-corrected chi connectivity index (χ0v) is 14.0. The molecule has 0 saturated carbocycles. The summed E-state index contributed by atoms with van der Waals surface area (Å²) in [5.41, 5.74) is 5.43. The molecular weight excluding hydrogens is 238 g/mol. The maximum absolute atomic E-state index is 5.62. The lowest BCUT2D eigenvalue weighted by Crippen LogP contribution is -2.07. The molecule has 0 unspecified atom stereocenters. The van der Waals surface area contributed by atoms with Crippen molar-refractivity contribution < 1.29 is 4.43 Å². The first-order valence-corrected chi connectivity index (χ1v) is 9.77. The van der Waals surface area contributed by atoms with E-state index in [2.05, 4.69) is 6.92 Å². The van der Waals surface area contributed by atoms with Crippen molar-refractivity contribution in [1.82, 2.24) is 0 Å². The zero-order valence-electron chi connectivity index (χ0n) is 12.6. The minimum absolute atomic E-state index is 0.272. The summed E-state index contributed by atoms with van der Waals surface area (Å²) >= 11 is 0. The number of unbranched alkanes of at least 4 members (excludes halogenated alkanes) is 10. The van der Waals surface area contributed by atoms with Gasteiger partial charge in [0.1, 0.15) is 0 Å². The fourth-order valence-corrected chi connectivity index (χ4v) is 2.93. The van der Waals surface area contributed by atoms with E-state index >= 15 is 0 Å². The van der Waals surface area contributed by atoms with E-state index in [-0.39, 0.29) is 9.76 Å². The number of hydrogen-bond donors (Lipinski definition) is 1. The van der Waals surface area contributed by atoms with Crippen LogP contribution in [0.3, 0.4) is 0 Å². The summed E-state index contributed by atoms with van der Waals surface area (Å²) in [5.74, 6) is 0. The smallest absolute Gasteiger partial charge is 0.162 e. The highest BCUT2D eigenvalue weighted by atomic mass is 28.2. The lowest BCUT2D eigenvalue weighted by Gasteiger charge is -2.04. The highest BCUT2D eigenvalue weighted by Crippen LogP contribution is 2.11. The molecular formula is C15H35NOSi. The van der Waals surface area contributed by atoms with E-state index in [1.165, 1.54) is 70.6 Å². The van der Waals surface area contributed by atoms with E-state index in [1.54, 1.807) is 0 Å². The second-order valence-corrected chi connectivity index (χ2v) is 6.81. The molecule has 18 heavy (non-hydrogen) atoms. The van der Waals surface area contributed by atoms with Gasteiger partial charge >= 0.3 is 0 Å². The maximum Gasteiger partial charge on any atom is 0.162 e. The Morgan fingerprint density at radius 1 is 0.778 bits per heavy atom. The highest BCUT2D eigenvalue weighted by Gasteiger charge is 1.93. The molecule has 0 aromatic heterocycles. The van der Waals surface area contributed by atoms with Gasteiger partial charge in [0.15, 0.2) is 9.76 Å². The lowest BCUT2D eigenvalue weighted by molar-refractivity contribution is 0.320. The summed E-state index contributed by atoms with van der Waals surface area (Å²) in [6, 6.07) is 1.14. The number of hydrogen-bond acceptors (Lipinski definition) is 2. The van der Waals surface area contributed by atoms with E-state index in [4.69, 9.17) is 10.2 Å². The summed E-state index contributed by atoms with van der Waals surface area (Å²) in [6.45, 7) is 4.08. The molecule has 0 aliphatic carbocycles. The van der Waals surface area contributed by atoms with Gasteiger partial charge in [-0.05, 0) is 19.0 Å². The molecule has 2 nitrogen and oxygen atoms in total. The van der Waals surface area contributed by atoms with Gasteiger partial charge in [-0.15, -0.1) is 0 Å². The van der Waals surface area contributed by atoms with Gasteiger partial charge in [-0.3, -0.25) is 0 Å². The minimum Gasteiger partial charge on any atom is -0.424 e. The van der Waals surface area contributed by atoms with Gasteiger partial charge < -0.3 is 10.2 Å². The molecule has 0 amide bonds. The van der Waals surface area contributed by atoms with Crippen LogP contribution in [0.1, 0.15) is 77.6 Å². The summed E-state index contributed by atoms with van der Waals surface area (Å²) in [7, 11) is -0.272. The van der Waals surface area contributed by atoms with Crippen LogP contribution >= 0.6 is 0 Å². The first-order chi connectivity index (χ1) is 8.91. The fourth-order valence-electron chi connectivity index (χ4n) is 2.16. The molecule has 2 N–H and O–H groups in total. The van der Waals surface area contributed by atoms with Crippen LogP contribution in [0.25, 0.3) is 0 Å². The quantitative estimate of drug-likeness (QED) is 0.364. The molecule has 0 radical (unpaired) electrons. The Balaban J connectivity index is 2.86. The molecule has 0 aromatic rings. The molecule has 0 fully saturated rings. The lowest BCUT2D eigenvalue weighted by atomic mass is 10.1. The average Bonchev–Trinajstić information content (AvgIpc) is 2.39. The molecule has 0 spiro atoms. The van der Waals surface area contributed by atoms with E-state index in [9.17, 15) is 0 Å². The van der Waals surface area contributed by atoms with Gasteiger partial charge in [0.05, 0.1) is 0 Å². The van der Waals surface area contributed by atoms with Gasteiger partial charge in [-0.1, -0.05) is 71.1 Å². The molecule has 0 rings (SSSR count). The van der Waals surface area contributed by atoms with Crippen LogP contribution < -0.4 is 5.73 Å². The zero-order chi connectivity index (χ0) is 13.3. The summed E-state index contributed by atoms with van der Waals surface area (Å²) < 4.78 is 5.62. The molecule has 3 heteroatoms. The van der Waals surface area contributed by atoms with Crippen molar-refractivity contribution in [1.29, 1.82) is 0 Å². The molecule has 0 saturated heterocycles. The van der Waals surface area contributed by atoms with Gasteiger partial charge in [0, 0.05) is 6.61 Å². The second-order valence-electron chi connectivity index (χ2n) is 5.29. The van der Waals surface area contributed by atoms with Crippen LogP contribution in [0.4, 0.5) is 0 Å². The van der Waals surface area contributed by atoms with E-state index in [1.807, 2.05) is 0 Å². The predicted octanol–water partition coefficient (Wildman–Crippen LogP) is 3.77. The normalized spacial score (nSPS) is 11.7. The van der Waals surface area contributed by atoms with Crippen molar-refractivity contribution in [2.24, 2.45) is 5.73 Å². The molecule has 110 valence electrons. The molecule has 0 aliphatic rings. The van der Waals surface area contributed by atoms with Crippen LogP contribution in [0.2, 0.25) is 6.04 Å². The van der Waals surface area contributed by atoms with Crippen molar-refractivity contribution in [2.45, 2.75) is 83.6 Å². The third-order valence-electron chi connectivity index (χ3n) is 3.39. The molecule has 0 bridgehead atoms. The topological polar surface area (TPSA) is 35.2 Å². The maximum atomic E-state index is 5.62. The van der Waals surface area contributed by atoms with Crippen LogP contribution in [-0.2, 0) is 4.43 Å². The van der Waals surface area contributed by atoms with E-state index in [0.717, 1.165) is 19.2 Å². The molecule has 0 aliphatic heterocycles. The third-order valence-corrected chi connectivity index (χ3v) is 4.66. The molecule has 0 aromatic carbocycles. The van der Waals surface area contributed by atoms with E-state index < -0.39 is 0 Å².